The fourth-order valence-corrected chi connectivity index (χ4v) is 4.99. The SMILES string of the molecule is Cc1cc(Nc2ncc(-c3ccc(F)cc3)s2)ncc1CC1COCCN(C2COC2)C1. The molecule has 2 aromatic heterocycles. The Morgan fingerprint density at radius 1 is 1.12 bits per heavy atom. The molecule has 0 bridgehead atoms. The van der Waals surface area contributed by atoms with Crippen molar-refractivity contribution in [1.29, 1.82) is 0 Å². The van der Waals surface area contributed by atoms with Gasteiger partial charge in [-0.15, -0.1) is 0 Å². The average molecular weight is 455 g/mol. The van der Waals surface area contributed by atoms with E-state index < -0.39 is 0 Å². The second-order valence-electron chi connectivity index (χ2n) is 8.49. The maximum atomic E-state index is 13.2. The molecule has 2 saturated heterocycles. The van der Waals surface area contributed by atoms with Crippen molar-refractivity contribution in [3.8, 4) is 10.4 Å². The first-order valence-corrected chi connectivity index (χ1v) is 11.8. The van der Waals surface area contributed by atoms with Gasteiger partial charge in [-0.25, -0.2) is 14.4 Å². The summed E-state index contributed by atoms with van der Waals surface area (Å²) in [6.45, 7) is 7.41. The Morgan fingerprint density at radius 2 is 1.97 bits per heavy atom. The number of nitrogens with zero attached hydrogens (tertiary/aromatic N) is 3. The first-order valence-electron chi connectivity index (χ1n) is 11.0. The molecule has 6 nitrogen and oxygen atoms in total. The lowest BCUT2D eigenvalue weighted by molar-refractivity contribution is -0.0667. The summed E-state index contributed by atoms with van der Waals surface area (Å²) in [4.78, 5) is 12.6. The third-order valence-corrected chi connectivity index (χ3v) is 7.07. The van der Waals surface area contributed by atoms with Crippen LogP contribution in [-0.4, -0.2) is 60.4 Å². The number of nitrogens with one attached hydrogen (secondary N) is 1. The summed E-state index contributed by atoms with van der Waals surface area (Å²) in [7, 11) is 0. The normalized spacial score (nSPS) is 20.0. The van der Waals surface area contributed by atoms with Gasteiger partial charge in [-0.05, 0) is 54.2 Å². The summed E-state index contributed by atoms with van der Waals surface area (Å²) in [6.07, 6.45) is 4.72. The van der Waals surface area contributed by atoms with E-state index in [2.05, 4.69) is 33.2 Å². The molecular formula is C24H27FN4O2S. The number of anilines is 2. The quantitative estimate of drug-likeness (QED) is 0.600. The summed E-state index contributed by atoms with van der Waals surface area (Å²) in [5.74, 6) is 0.989. The van der Waals surface area contributed by atoms with Crippen LogP contribution >= 0.6 is 11.3 Å². The van der Waals surface area contributed by atoms with Crippen molar-refractivity contribution in [2.24, 2.45) is 5.92 Å². The Kier molecular flexibility index (Phi) is 6.45. The zero-order chi connectivity index (χ0) is 21.9. The highest BCUT2D eigenvalue weighted by atomic mass is 32.1. The number of aryl methyl sites for hydroxylation is 1. The van der Waals surface area contributed by atoms with E-state index in [1.165, 1.54) is 34.6 Å². The van der Waals surface area contributed by atoms with Crippen LogP contribution in [0.4, 0.5) is 15.3 Å². The fourth-order valence-electron chi connectivity index (χ4n) is 4.16. The van der Waals surface area contributed by atoms with E-state index in [-0.39, 0.29) is 5.82 Å². The van der Waals surface area contributed by atoms with Gasteiger partial charge in [0.1, 0.15) is 11.6 Å². The van der Waals surface area contributed by atoms with Crippen molar-refractivity contribution >= 4 is 22.3 Å². The van der Waals surface area contributed by atoms with Gasteiger partial charge in [0.25, 0.3) is 0 Å². The van der Waals surface area contributed by atoms with Gasteiger partial charge in [-0.3, -0.25) is 4.90 Å². The first kappa shape index (κ1) is 21.5. The van der Waals surface area contributed by atoms with Crippen LogP contribution in [0.2, 0.25) is 0 Å². The summed E-state index contributed by atoms with van der Waals surface area (Å²) < 4.78 is 24.4. The van der Waals surface area contributed by atoms with Gasteiger partial charge in [0, 0.05) is 25.5 Å². The summed E-state index contributed by atoms with van der Waals surface area (Å²) in [6, 6.07) is 9.07. The highest BCUT2D eigenvalue weighted by molar-refractivity contribution is 7.18. The predicted octanol–water partition coefficient (Wildman–Crippen LogP) is 4.29. The van der Waals surface area contributed by atoms with Crippen LogP contribution in [0.5, 0.6) is 0 Å². The minimum Gasteiger partial charge on any atom is -0.380 e. The Hall–Kier alpha value is -2.39. The standard InChI is InChI=1S/C24H27FN4O2S/c1-16-8-23(28-24-27-11-22(32-24)18-2-4-20(25)5-3-18)26-10-19(16)9-17-12-29(6-7-30-13-17)21-14-31-15-21/h2-5,8,10-11,17,21H,6-7,9,12-15H2,1H3,(H,26,27,28). The van der Waals surface area contributed by atoms with Crippen LogP contribution < -0.4 is 5.32 Å². The molecule has 3 aromatic rings. The minimum atomic E-state index is -0.239. The molecule has 2 fully saturated rings. The minimum absolute atomic E-state index is 0.239. The number of aromatic nitrogens is 2. The van der Waals surface area contributed by atoms with E-state index in [9.17, 15) is 4.39 Å². The number of thiazole rings is 1. The monoisotopic (exact) mass is 454 g/mol. The van der Waals surface area contributed by atoms with Crippen LogP contribution in [-0.2, 0) is 15.9 Å². The van der Waals surface area contributed by atoms with Crippen molar-refractivity contribution in [1.82, 2.24) is 14.9 Å². The molecule has 5 rings (SSSR count). The molecule has 0 amide bonds. The molecular weight excluding hydrogens is 427 g/mol. The Balaban J connectivity index is 1.23. The number of hydrogen-bond donors (Lipinski definition) is 1. The maximum absolute atomic E-state index is 13.2. The molecule has 0 spiro atoms. The van der Waals surface area contributed by atoms with E-state index in [0.717, 1.165) is 67.3 Å². The molecule has 1 unspecified atom stereocenters. The number of pyridine rings is 1. The molecule has 2 aliphatic heterocycles. The van der Waals surface area contributed by atoms with Crippen molar-refractivity contribution in [3.63, 3.8) is 0 Å². The number of ether oxygens (including phenoxy) is 2. The van der Waals surface area contributed by atoms with Crippen LogP contribution in [0.15, 0.2) is 42.7 Å². The van der Waals surface area contributed by atoms with E-state index in [4.69, 9.17) is 9.47 Å². The maximum Gasteiger partial charge on any atom is 0.188 e. The molecule has 32 heavy (non-hydrogen) atoms. The van der Waals surface area contributed by atoms with E-state index in [1.54, 1.807) is 18.3 Å². The Labute approximate surface area is 191 Å². The summed E-state index contributed by atoms with van der Waals surface area (Å²) >= 11 is 1.52. The summed E-state index contributed by atoms with van der Waals surface area (Å²) in [5, 5.41) is 4.06. The van der Waals surface area contributed by atoms with Gasteiger partial charge in [0.05, 0.1) is 37.3 Å². The number of rotatable bonds is 6. The molecule has 0 aliphatic carbocycles. The molecule has 1 N–H and O–H groups in total. The zero-order valence-corrected chi connectivity index (χ0v) is 18.9. The second-order valence-corrected chi connectivity index (χ2v) is 9.52. The molecule has 4 heterocycles. The molecule has 0 saturated carbocycles. The highest BCUT2D eigenvalue weighted by Gasteiger charge is 2.29. The van der Waals surface area contributed by atoms with Crippen LogP contribution in [0.3, 0.4) is 0 Å². The van der Waals surface area contributed by atoms with E-state index in [0.29, 0.717) is 12.0 Å². The predicted molar refractivity (Wildman–Crippen MR) is 124 cm³/mol. The van der Waals surface area contributed by atoms with Crippen LogP contribution in [0.25, 0.3) is 10.4 Å². The topological polar surface area (TPSA) is 59.5 Å². The van der Waals surface area contributed by atoms with Gasteiger partial charge >= 0.3 is 0 Å². The van der Waals surface area contributed by atoms with Gasteiger partial charge in [-0.1, -0.05) is 23.5 Å². The van der Waals surface area contributed by atoms with E-state index in [1.807, 2.05) is 6.20 Å². The molecule has 1 atom stereocenters. The fraction of sp³-hybridized carbons (Fsp3) is 0.417. The first-order chi connectivity index (χ1) is 15.6. The average Bonchev–Trinajstić information content (AvgIpc) is 3.08. The van der Waals surface area contributed by atoms with Crippen molar-refractivity contribution < 1.29 is 13.9 Å². The Morgan fingerprint density at radius 3 is 2.72 bits per heavy atom. The molecule has 1 aromatic carbocycles. The van der Waals surface area contributed by atoms with Crippen LogP contribution in [0, 0.1) is 18.7 Å². The third-order valence-electron chi connectivity index (χ3n) is 6.10. The van der Waals surface area contributed by atoms with Gasteiger partial charge < -0.3 is 14.8 Å². The highest BCUT2D eigenvalue weighted by Crippen LogP contribution is 2.31. The van der Waals surface area contributed by atoms with Crippen LogP contribution in [0.1, 0.15) is 11.1 Å². The lowest BCUT2D eigenvalue weighted by Crippen LogP contribution is -2.51. The second kappa shape index (κ2) is 9.62. The third kappa shape index (κ3) is 4.99. The van der Waals surface area contributed by atoms with Gasteiger partial charge in [-0.2, -0.15) is 0 Å². The smallest absolute Gasteiger partial charge is 0.188 e. The van der Waals surface area contributed by atoms with Crippen molar-refractivity contribution in [2.75, 3.05) is 44.8 Å². The number of benzene rings is 1. The lowest BCUT2D eigenvalue weighted by atomic mass is 9.97. The lowest BCUT2D eigenvalue weighted by Gasteiger charge is -2.37. The Bertz CT molecular complexity index is 1050. The largest absolute Gasteiger partial charge is 0.380 e. The van der Waals surface area contributed by atoms with Gasteiger partial charge in [0.2, 0.25) is 0 Å². The van der Waals surface area contributed by atoms with Gasteiger partial charge in [0.15, 0.2) is 5.13 Å². The molecule has 8 heteroatoms. The van der Waals surface area contributed by atoms with Crippen molar-refractivity contribution in [2.45, 2.75) is 19.4 Å². The zero-order valence-electron chi connectivity index (χ0n) is 18.1. The van der Waals surface area contributed by atoms with E-state index >= 15 is 0 Å². The molecule has 2 aliphatic rings. The molecule has 168 valence electrons. The van der Waals surface area contributed by atoms with Crippen molar-refractivity contribution in [3.05, 3.63) is 59.7 Å². The summed E-state index contributed by atoms with van der Waals surface area (Å²) in [5.41, 5.74) is 3.41. The number of halogens is 1. The number of hydrogen-bond acceptors (Lipinski definition) is 7. The molecule has 0 radical (unpaired) electrons.